The Bertz CT molecular complexity index is 629. The van der Waals surface area contributed by atoms with Crippen molar-refractivity contribution in [3.05, 3.63) is 58.3 Å². The van der Waals surface area contributed by atoms with Gasteiger partial charge in [-0.15, -0.1) is 13.2 Å². The van der Waals surface area contributed by atoms with Crippen LogP contribution in [0.5, 0.6) is 5.75 Å². The van der Waals surface area contributed by atoms with Gasteiger partial charge in [-0.05, 0) is 40.2 Å². The number of ketones is 1. The summed E-state index contributed by atoms with van der Waals surface area (Å²) in [6.07, 6.45) is -3.50. The maximum Gasteiger partial charge on any atom is 0.573 e. The number of carbonyl (C=O) groups excluding carboxylic acids is 1. The number of hydrogen-bond donors (Lipinski definition) is 0. The van der Waals surface area contributed by atoms with Gasteiger partial charge in [0.05, 0.1) is 10.0 Å². The maximum atomic E-state index is 12.4. The molecule has 0 unspecified atom stereocenters. The minimum Gasteiger partial charge on any atom is -0.404 e. The van der Waals surface area contributed by atoms with Crippen LogP contribution in [0.3, 0.4) is 0 Å². The Labute approximate surface area is 120 Å². The minimum absolute atomic E-state index is 0.0385. The Morgan fingerprint density at radius 1 is 1.15 bits per heavy atom. The average Bonchev–Trinajstić information content (AvgIpc) is 2.40. The number of alkyl halides is 3. The van der Waals surface area contributed by atoms with E-state index in [1.54, 1.807) is 12.1 Å². The van der Waals surface area contributed by atoms with Gasteiger partial charge in [0, 0.05) is 6.20 Å². The molecule has 0 spiro atoms. The van der Waals surface area contributed by atoms with E-state index in [1.165, 1.54) is 30.5 Å². The molecule has 20 heavy (non-hydrogen) atoms. The van der Waals surface area contributed by atoms with Crippen LogP contribution in [0.1, 0.15) is 16.1 Å². The predicted molar refractivity (Wildman–Crippen MR) is 68.5 cm³/mol. The van der Waals surface area contributed by atoms with Crippen LogP contribution in [0.4, 0.5) is 13.2 Å². The summed E-state index contributed by atoms with van der Waals surface area (Å²) in [6.45, 7) is 0. The molecular formula is C13H7BrF3NO2. The summed E-state index contributed by atoms with van der Waals surface area (Å²) in [5.74, 6) is -1.22. The largest absolute Gasteiger partial charge is 0.573 e. The summed E-state index contributed by atoms with van der Waals surface area (Å²) in [5.41, 5.74) is -0.173. The van der Waals surface area contributed by atoms with Gasteiger partial charge in [-0.3, -0.25) is 9.78 Å². The Kier molecular flexibility index (Phi) is 4.08. The van der Waals surface area contributed by atoms with Crippen molar-refractivity contribution in [1.29, 1.82) is 0 Å². The lowest BCUT2D eigenvalue weighted by Crippen LogP contribution is -2.19. The van der Waals surface area contributed by atoms with Crippen molar-refractivity contribution < 1.29 is 22.7 Å². The molecule has 0 aliphatic rings. The molecule has 0 aliphatic carbocycles. The first-order valence-electron chi connectivity index (χ1n) is 5.38. The Balaban J connectivity index is 2.47. The number of benzene rings is 1. The highest BCUT2D eigenvalue weighted by Crippen LogP contribution is 2.34. The van der Waals surface area contributed by atoms with E-state index in [4.69, 9.17) is 0 Å². The number of hydrogen-bond acceptors (Lipinski definition) is 3. The molecule has 0 bridgehead atoms. The van der Waals surface area contributed by atoms with Crippen LogP contribution in [0.25, 0.3) is 0 Å². The number of aromatic nitrogens is 1. The van der Waals surface area contributed by atoms with Crippen LogP contribution >= 0.6 is 15.9 Å². The zero-order valence-electron chi connectivity index (χ0n) is 9.82. The van der Waals surface area contributed by atoms with E-state index < -0.39 is 17.9 Å². The van der Waals surface area contributed by atoms with Gasteiger partial charge in [-0.2, -0.15) is 0 Å². The highest BCUT2D eigenvalue weighted by Gasteiger charge is 2.34. The fourth-order valence-corrected chi connectivity index (χ4v) is 1.99. The summed E-state index contributed by atoms with van der Waals surface area (Å²) in [4.78, 5) is 16.0. The van der Waals surface area contributed by atoms with Gasteiger partial charge in [0.25, 0.3) is 0 Å². The first kappa shape index (κ1) is 14.5. The highest BCUT2D eigenvalue weighted by molar-refractivity contribution is 9.10. The van der Waals surface area contributed by atoms with E-state index in [9.17, 15) is 18.0 Å². The van der Waals surface area contributed by atoms with Crippen molar-refractivity contribution in [3.63, 3.8) is 0 Å². The van der Waals surface area contributed by atoms with Gasteiger partial charge in [-0.1, -0.05) is 12.1 Å². The molecule has 0 N–H and O–H groups in total. The zero-order chi connectivity index (χ0) is 14.8. The molecule has 1 heterocycles. The maximum absolute atomic E-state index is 12.4. The number of nitrogens with zero attached hydrogens (tertiary/aromatic N) is 1. The molecule has 0 saturated carbocycles. The molecule has 2 rings (SSSR count). The lowest BCUT2D eigenvalue weighted by molar-refractivity contribution is -0.275. The lowest BCUT2D eigenvalue weighted by Gasteiger charge is -2.14. The summed E-state index contributed by atoms with van der Waals surface area (Å²) in [5, 5.41) is 0. The van der Waals surface area contributed by atoms with E-state index in [0.29, 0.717) is 0 Å². The second kappa shape index (κ2) is 5.62. The SMILES string of the molecule is O=C(c1ccccn1)c1cccc(Br)c1OC(F)(F)F. The summed E-state index contributed by atoms with van der Waals surface area (Å²) in [7, 11) is 0. The van der Waals surface area contributed by atoms with E-state index in [2.05, 4.69) is 25.7 Å². The third-order valence-electron chi connectivity index (χ3n) is 2.33. The number of rotatable bonds is 3. The van der Waals surface area contributed by atoms with Crippen molar-refractivity contribution in [2.24, 2.45) is 0 Å². The summed E-state index contributed by atoms with van der Waals surface area (Å²) in [6, 6.07) is 8.65. The molecule has 104 valence electrons. The van der Waals surface area contributed by atoms with Crippen LogP contribution in [0.2, 0.25) is 0 Å². The topological polar surface area (TPSA) is 39.2 Å². The molecule has 0 radical (unpaired) electrons. The number of pyridine rings is 1. The molecule has 2 aromatic rings. The van der Waals surface area contributed by atoms with Gasteiger partial charge in [-0.25, -0.2) is 0 Å². The molecule has 0 fully saturated rings. The molecule has 3 nitrogen and oxygen atoms in total. The number of para-hydroxylation sites is 1. The Hall–Kier alpha value is -1.89. The quantitative estimate of drug-likeness (QED) is 0.790. The molecule has 7 heteroatoms. The van der Waals surface area contributed by atoms with Crippen molar-refractivity contribution in [2.75, 3.05) is 0 Å². The lowest BCUT2D eigenvalue weighted by atomic mass is 10.1. The normalized spacial score (nSPS) is 11.2. The van der Waals surface area contributed by atoms with E-state index >= 15 is 0 Å². The summed E-state index contributed by atoms with van der Waals surface area (Å²) < 4.78 is 41.1. The zero-order valence-corrected chi connectivity index (χ0v) is 11.4. The van der Waals surface area contributed by atoms with Gasteiger partial charge in [0.15, 0.2) is 5.75 Å². The van der Waals surface area contributed by atoms with Crippen LogP contribution in [0.15, 0.2) is 47.1 Å². The molecule has 1 aromatic carbocycles. The average molecular weight is 346 g/mol. The molecule has 0 saturated heterocycles. The summed E-state index contributed by atoms with van der Waals surface area (Å²) >= 11 is 2.94. The van der Waals surface area contributed by atoms with E-state index in [-0.39, 0.29) is 15.7 Å². The molecule has 0 amide bonds. The van der Waals surface area contributed by atoms with Crippen molar-refractivity contribution in [1.82, 2.24) is 4.98 Å². The van der Waals surface area contributed by atoms with Gasteiger partial charge < -0.3 is 4.74 Å². The van der Waals surface area contributed by atoms with Gasteiger partial charge in [0.1, 0.15) is 5.69 Å². The third-order valence-corrected chi connectivity index (χ3v) is 2.95. The Morgan fingerprint density at radius 2 is 1.90 bits per heavy atom. The van der Waals surface area contributed by atoms with Gasteiger partial charge >= 0.3 is 6.36 Å². The standard InChI is InChI=1S/C13H7BrF3NO2/c14-9-5-3-4-8(12(9)20-13(15,16)17)11(19)10-6-1-2-7-18-10/h1-7H. The molecule has 1 aromatic heterocycles. The van der Waals surface area contributed by atoms with Crippen LogP contribution in [-0.4, -0.2) is 17.1 Å². The second-order valence-electron chi connectivity index (χ2n) is 3.71. The first-order valence-corrected chi connectivity index (χ1v) is 6.18. The highest BCUT2D eigenvalue weighted by atomic mass is 79.9. The van der Waals surface area contributed by atoms with Gasteiger partial charge in [0.2, 0.25) is 5.78 Å². The fraction of sp³-hybridized carbons (Fsp3) is 0.0769. The molecule has 0 atom stereocenters. The third kappa shape index (κ3) is 3.36. The van der Waals surface area contributed by atoms with Crippen molar-refractivity contribution in [3.8, 4) is 5.75 Å². The van der Waals surface area contributed by atoms with Crippen molar-refractivity contribution in [2.45, 2.75) is 6.36 Å². The Morgan fingerprint density at radius 3 is 2.50 bits per heavy atom. The molecule has 0 aliphatic heterocycles. The monoisotopic (exact) mass is 345 g/mol. The van der Waals surface area contributed by atoms with E-state index in [1.807, 2.05) is 0 Å². The van der Waals surface area contributed by atoms with E-state index in [0.717, 1.165) is 0 Å². The van der Waals surface area contributed by atoms with Crippen LogP contribution in [0, 0.1) is 0 Å². The van der Waals surface area contributed by atoms with Crippen LogP contribution < -0.4 is 4.74 Å². The second-order valence-corrected chi connectivity index (χ2v) is 4.56. The fourth-order valence-electron chi connectivity index (χ4n) is 1.54. The van der Waals surface area contributed by atoms with Crippen molar-refractivity contribution >= 4 is 21.7 Å². The number of halogens is 4. The first-order chi connectivity index (χ1) is 9.38. The predicted octanol–water partition coefficient (Wildman–Crippen LogP) is 3.97. The molecular weight excluding hydrogens is 339 g/mol. The van der Waals surface area contributed by atoms with Crippen LogP contribution in [-0.2, 0) is 0 Å². The smallest absolute Gasteiger partial charge is 0.404 e. The minimum atomic E-state index is -4.89. The number of carbonyl (C=O) groups is 1. The number of ether oxygens (including phenoxy) is 1.